The monoisotopic (exact) mass is 354 g/mol. The first kappa shape index (κ1) is 17.3. The van der Waals surface area contributed by atoms with Crippen molar-refractivity contribution in [2.45, 2.75) is 26.4 Å². The van der Waals surface area contributed by atoms with Crippen molar-refractivity contribution in [3.8, 4) is 0 Å². The highest BCUT2D eigenvalue weighted by Gasteiger charge is 2.22. The van der Waals surface area contributed by atoms with Crippen molar-refractivity contribution >= 4 is 17.8 Å². The smallest absolute Gasteiger partial charge is 0.354 e. The van der Waals surface area contributed by atoms with E-state index in [2.05, 4.69) is 20.5 Å². The number of nitrogens with one attached hydrogen (secondary N) is 1. The number of rotatable bonds is 6. The Morgan fingerprint density at radius 3 is 2.65 bits per heavy atom. The van der Waals surface area contributed by atoms with Crippen molar-refractivity contribution in [3.05, 3.63) is 59.7 Å². The van der Waals surface area contributed by atoms with E-state index in [4.69, 9.17) is 5.11 Å². The van der Waals surface area contributed by atoms with Gasteiger partial charge in [0.25, 0.3) is 5.91 Å². The molecule has 2 heterocycles. The topological polar surface area (TPSA) is 115 Å². The third kappa shape index (κ3) is 3.77. The molecule has 3 rings (SSSR count). The first-order valence-electron chi connectivity index (χ1n) is 7.96. The molecule has 134 valence electrons. The molecule has 1 atom stereocenters. The standard InChI is InChI=1S/C17H18N6O3/c1-11-3-5-13(6-4-11)9-22-10-18-17(21-22)20-15(24)12(2)23-14(16(25)26)7-8-19-23/h3-8,10,12H,9H2,1-2H3,(H,25,26)(H,20,21,24). The Bertz CT molecular complexity index is 928. The Labute approximate surface area is 149 Å². The van der Waals surface area contributed by atoms with Crippen LogP contribution in [0.2, 0.25) is 0 Å². The zero-order valence-electron chi connectivity index (χ0n) is 14.3. The molecule has 0 bridgehead atoms. The number of carbonyl (C=O) groups is 2. The third-order valence-corrected chi connectivity index (χ3v) is 3.87. The summed E-state index contributed by atoms with van der Waals surface area (Å²) >= 11 is 0. The molecule has 0 saturated carbocycles. The minimum atomic E-state index is -1.15. The van der Waals surface area contributed by atoms with E-state index in [1.807, 2.05) is 31.2 Å². The highest BCUT2D eigenvalue weighted by Crippen LogP contribution is 2.12. The average molecular weight is 354 g/mol. The zero-order chi connectivity index (χ0) is 18.7. The van der Waals surface area contributed by atoms with Crippen LogP contribution in [0.25, 0.3) is 0 Å². The first-order chi connectivity index (χ1) is 12.4. The maximum atomic E-state index is 12.3. The van der Waals surface area contributed by atoms with Gasteiger partial charge < -0.3 is 5.11 Å². The summed E-state index contributed by atoms with van der Waals surface area (Å²) in [6.45, 7) is 4.10. The van der Waals surface area contributed by atoms with E-state index in [-0.39, 0.29) is 11.6 Å². The Morgan fingerprint density at radius 2 is 1.96 bits per heavy atom. The molecule has 0 spiro atoms. The molecule has 1 amide bonds. The lowest BCUT2D eigenvalue weighted by Gasteiger charge is -2.12. The van der Waals surface area contributed by atoms with Crippen molar-refractivity contribution in [3.63, 3.8) is 0 Å². The van der Waals surface area contributed by atoms with Crippen LogP contribution in [0, 0.1) is 6.92 Å². The summed E-state index contributed by atoms with van der Waals surface area (Å²) in [6, 6.07) is 8.55. The molecular formula is C17H18N6O3. The highest BCUT2D eigenvalue weighted by atomic mass is 16.4. The van der Waals surface area contributed by atoms with Gasteiger partial charge in [0.05, 0.1) is 6.54 Å². The van der Waals surface area contributed by atoms with Crippen LogP contribution in [0.3, 0.4) is 0 Å². The molecule has 1 aromatic carbocycles. The molecule has 0 fully saturated rings. The molecule has 0 saturated heterocycles. The summed E-state index contributed by atoms with van der Waals surface area (Å²) in [4.78, 5) is 27.5. The minimum absolute atomic E-state index is 0.0643. The molecular weight excluding hydrogens is 336 g/mol. The summed E-state index contributed by atoms with van der Waals surface area (Å²) in [5.41, 5.74) is 2.17. The molecule has 9 nitrogen and oxygen atoms in total. The molecule has 0 aliphatic rings. The second-order valence-electron chi connectivity index (χ2n) is 5.88. The van der Waals surface area contributed by atoms with Crippen LogP contribution in [-0.2, 0) is 11.3 Å². The quantitative estimate of drug-likeness (QED) is 0.696. The second-order valence-corrected chi connectivity index (χ2v) is 5.88. The van der Waals surface area contributed by atoms with Crippen molar-refractivity contribution in [2.75, 3.05) is 5.32 Å². The summed E-state index contributed by atoms with van der Waals surface area (Å²) in [5, 5.41) is 19.8. The predicted octanol–water partition coefficient (Wildman–Crippen LogP) is 1.73. The molecule has 2 aromatic heterocycles. The fraction of sp³-hybridized carbons (Fsp3) is 0.235. The van der Waals surface area contributed by atoms with E-state index in [0.29, 0.717) is 6.54 Å². The number of carbonyl (C=O) groups excluding carboxylic acids is 1. The molecule has 9 heteroatoms. The van der Waals surface area contributed by atoms with Crippen molar-refractivity contribution in [1.82, 2.24) is 24.5 Å². The Kier molecular flexibility index (Phi) is 4.78. The van der Waals surface area contributed by atoms with E-state index < -0.39 is 17.9 Å². The molecule has 2 N–H and O–H groups in total. The number of hydrogen-bond donors (Lipinski definition) is 2. The van der Waals surface area contributed by atoms with Crippen LogP contribution in [0.4, 0.5) is 5.95 Å². The lowest BCUT2D eigenvalue weighted by atomic mass is 10.1. The van der Waals surface area contributed by atoms with Crippen LogP contribution < -0.4 is 5.32 Å². The van der Waals surface area contributed by atoms with Crippen molar-refractivity contribution < 1.29 is 14.7 Å². The van der Waals surface area contributed by atoms with Crippen molar-refractivity contribution in [2.24, 2.45) is 0 Å². The Morgan fingerprint density at radius 1 is 1.23 bits per heavy atom. The van der Waals surface area contributed by atoms with Crippen LogP contribution in [-0.4, -0.2) is 41.5 Å². The zero-order valence-corrected chi connectivity index (χ0v) is 14.3. The van der Waals surface area contributed by atoms with Gasteiger partial charge in [-0.05, 0) is 25.5 Å². The molecule has 0 aliphatic carbocycles. The normalized spacial score (nSPS) is 11.9. The third-order valence-electron chi connectivity index (χ3n) is 3.87. The largest absolute Gasteiger partial charge is 0.477 e. The fourth-order valence-corrected chi connectivity index (χ4v) is 2.43. The van der Waals surface area contributed by atoms with Gasteiger partial charge in [-0.25, -0.2) is 19.1 Å². The first-order valence-corrected chi connectivity index (χ1v) is 7.96. The Hall–Kier alpha value is -3.49. The molecule has 26 heavy (non-hydrogen) atoms. The van der Waals surface area contributed by atoms with E-state index >= 15 is 0 Å². The van der Waals surface area contributed by atoms with E-state index in [9.17, 15) is 9.59 Å². The molecule has 0 aliphatic heterocycles. The highest BCUT2D eigenvalue weighted by molar-refractivity contribution is 5.93. The molecule has 1 unspecified atom stereocenters. The average Bonchev–Trinajstić information content (AvgIpc) is 3.25. The number of carboxylic acid groups (broad SMARTS) is 1. The van der Waals surface area contributed by atoms with Crippen LogP contribution in [0.5, 0.6) is 0 Å². The summed E-state index contributed by atoms with van der Waals surface area (Å²) in [5.74, 6) is -1.45. The van der Waals surface area contributed by atoms with Gasteiger partial charge in [-0.15, -0.1) is 5.10 Å². The van der Waals surface area contributed by atoms with Gasteiger partial charge in [0.15, 0.2) is 0 Å². The van der Waals surface area contributed by atoms with Gasteiger partial charge in [-0.2, -0.15) is 5.10 Å². The number of nitrogens with zero attached hydrogens (tertiary/aromatic N) is 5. The Balaban J connectivity index is 1.66. The summed E-state index contributed by atoms with van der Waals surface area (Å²) < 4.78 is 2.75. The number of aryl methyl sites for hydroxylation is 1. The van der Waals surface area contributed by atoms with E-state index in [0.717, 1.165) is 10.2 Å². The number of aromatic carboxylic acids is 1. The fourth-order valence-electron chi connectivity index (χ4n) is 2.43. The molecule has 3 aromatic rings. The van der Waals surface area contributed by atoms with Gasteiger partial charge in [-0.1, -0.05) is 29.8 Å². The van der Waals surface area contributed by atoms with E-state index in [1.165, 1.54) is 24.2 Å². The summed E-state index contributed by atoms with van der Waals surface area (Å²) in [6.07, 6.45) is 2.86. The number of amides is 1. The van der Waals surface area contributed by atoms with Gasteiger partial charge in [0.1, 0.15) is 18.1 Å². The number of aromatic nitrogens is 5. The maximum Gasteiger partial charge on any atom is 0.354 e. The lowest BCUT2D eigenvalue weighted by molar-refractivity contribution is -0.119. The SMILES string of the molecule is Cc1ccc(Cn2cnc(NC(=O)C(C)n3nccc3C(=O)O)n2)cc1. The van der Waals surface area contributed by atoms with Gasteiger partial charge in [-0.3, -0.25) is 10.1 Å². The van der Waals surface area contributed by atoms with Gasteiger partial charge >= 0.3 is 5.97 Å². The molecule has 0 radical (unpaired) electrons. The number of anilines is 1. The lowest BCUT2D eigenvalue weighted by Crippen LogP contribution is -2.27. The minimum Gasteiger partial charge on any atom is -0.477 e. The van der Waals surface area contributed by atoms with Gasteiger partial charge in [0, 0.05) is 6.20 Å². The van der Waals surface area contributed by atoms with E-state index in [1.54, 1.807) is 11.6 Å². The predicted molar refractivity (Wildman–Crippen MR) is 92.8 cm³/mol. The van der Waals surface area contributed by atoms with Gasteiger partial charge in [0.2, 0.25) is 5.95 Å². The number of carboxylic acids is 1. The maximum absolute atomic E-state index is 12.3. The van der Waals surface area contributed by atoms with Crippen molar-refractivity contribution in [1.29, 1.82) is 0 Å². The van der Waals surface area contributed by atoms with Crippen LogP contribution in [0.1, 0.15) is 34.6 Å². The van der Waals surface area contributed by atoms with Crippen LogP contribution >= 0.6 is 0 Å². The van der Waals surface area contributed by atoms with Crippen LogP contribution in [0.15, 0.2) is 42.9 Å². The number of hydrogen-bond acceptors (Lipinski definition) is 5. The second kappa shape index (κ2) is 7.18. The summed E-state index contributed by atoms with van der Waals surface area (Å²) in [7, 11) is 0. The number of benzene rings is 1.